The number of nitrogens with zero attached hydrogens (tertiary/aromatic N) is 3. The van der Waals surface area contributed by atoms with Gasteiger partial charge in [0.25, 0.3) is 0 Å². The van der Waals surface area contributed by atoms with Crippen LogP contribution in [-0.2, 0) is 4.74 Å². The van der Waals surface area contributed by atoms with Crippen LogP contribution >= 0.6 is 22.9 Å². The second-order valence-electron chi connectivity index (χ2n) is 5.46. The van der Waals surface area contributed by atoms with Crippen LogP contribution in [0.25, 0.3) is 11.3 Å². The molecule has 3 rings (SSSR count). The molecule has 2 aromatic heterocycles. The summed E-state index contributed by atoms with van der Waals surface area (Å²) in [5.41, 5.74) is 7.98. The van der Waals surface area contributed by atoms with Crippen molar-refractivity contribution in [1.82, 2.24) is 9.36 Å². The fourth-order valence-electron chi connectivity index (χ4n) is 2.69. The Morgan fingerprint density at radius 2 is 2.38 bits per heavy atom. The average molecular weight is 324 g/mol. The quantitative estimate of drug-likeness (QED) is 0.936. The first-order valence-corrected chi connectivity index (χ1v) is 8.77. The molecule has 0 radical (unpaired) electrons. The van der Waals surface area contributed by atoms with Crippen LogP contribution in [-0.4, -0.2) is 36.2 Å². The average Bonchev–Trinajstić information content (AvgIpc) is 3.05. The van der Waals surface area contributed by atoms with Crippen molar-refractivity contribution in [2.24, 2.45) is 5.92 Å². The molecule has 3 heterocycles. The molecule has 7 heteroatoms. The van der Waals surface area contributed by atoms with Crippen LogP contribution < -0.4 is 10.6 Å². The van der Waals surface area contributed by atoms with Gasteiger partial charge < -0.3 is 15.4 Å². The number of aromatic nitrogens is 2. The molecule has 1 aliphatic heterocycles. The van der Waals surface area contributed by atoms with Gasteiger partial charge in [0.05, 0.1) is 22.9 Å². The number of rotatable bonds is 4. The van der Waals surface area contributed by atoms with Crippen molar-refractivity contribution >= 4 is 33.7 Å². The molecule has 0 spiro atoms. The molecule has 2 aromatic rings. The van der Waals surface area contributed by atoms with Crippen LogP contribution in [0.3, 0.4) is 0 Å². The van der Waals surface area contributed by atoms with Crippen molar-refractivity contribution in [3.63, 3.8) is 0 Å². The predicted molar refractivity (Wildman–Crippen MR) is 89.2 cm³/mol. The maximum atomic E-state index is 6.07. The van der Waals surface area contributed by atoms with Gasteiger partial charge in [-0.2, -0.15) is 4.37 Å². The van der Waals surface area contributed by atoms with E-state index in [9.17, 15) is 0 Å². The number of hydrogen-bond donors (Lipinski definition) is 1. The molecular weight excluding hydrogens is 304 g/mol. The lowest BCUT2D eigenvalue weighted by atomic mass is 10.0. The predicted octanol–water partition coefficient (Wildman–Crippen LogP) is 3.02. The zero-order valence-corrected chi connectivity index (χ0v) is 14.0. The Labute approximate surface area is 132 Å². The first kappa shape index (κ1) is 14.7. The van der Waals surface area contributed by atoms with Gasteiger partial charge in [0.1, 0.15) is 10.8 Å². The Kier molecular flexibility index (Phi) is 4.42. The first-order valence-electron chi connectivity index (χ1n) is 7.11. The van der Waals surface area contributed by atoms with Crippen molar-refractivity contribution in [1.29, 1.82) is 0 Å². The van der Waals surface area contributed by atoms with Crippen molar-refractivity contribution in [3.8, 4) is 11.3 Å². The van der Waals surface area contributed by atoms with Gasteiger partial charge in [0, 0.05) is 25.6 Å². The van der Waals surface area contributed by atoms with Gasteiger partial charge in [0.2, 0.25) is 0 Å². The summed E-state index contributed by atoms with van der Waals surface area (Å²) in [5, 5.41) is 4.20. The van der Waals surface area contributed by atoms with Crippen LogP contribution in [0.1, 0.15) is 17.8 Å². The minimum atomic E-state index is 0.576. The SMILES string of the molecule is Cc1nc(-c2c(N)nsc2N(C)CC2CCCOC2)cs1. The van der Waals surface area contributed by atoms with Crippen LogP contribution in [0, 0.1) is 12.8 Å². The Morgan fingerprint density at radius 3 is 3.05 bits per heavy atom. The molecule has 0 saturated carbocycles. The lowest BCUT2D eigenvalue weighted by Crippen LogP contribution is -2.30. The van der Waals surface area contributed by atoms with Crippen molar-refractivity contribution in [2.75, 3.05) is 37.4 Å². The minimum absolute atomic E-state index is 0.576. The molecule has 2 N–H and O–H groups in total. The zero-order valence-electron chi connectivity index (χ0n) is 12.3. The standard InChI is InChI=1S/C14H20N4OS2/c1-9-16-11(8-20-9)12-13(15)17-21-14(12)18(2)6-10-4-3-5-19-7-10/h8,10H,3-7H2,1-2H3,(H2,15,17). The second-order valence-corrected chi connectivity index (χ2v) is 7.28. The molecule has 1 saturated heterocycles. The van der Waals surface area contributed by atoms with Gasteiger partial charge in [-0.05, 0) is 37.2 Å². The van der Waals surface area contributed by atoms with Gasteiger partial charge in [-0.15, -0.1) is 11.3 Å². The minimum Gasteiger partial charge on any atom is -0.382 e. The van der Waals surface area contributed by atoms with Gasteiger partial charge in [-0.3, -0.25) is 0 Å². The number of nitrogens with two attached hydrogens (primary N) is 1. The molecule has 1 fully saturated rings. The number of anilines is 2. The number of aryl methyl sites for hydroxylation is 1. The highest BCUT2D eigenvalue weighted by Crippen LogP contribution is 2.39. The topological polar surface area (TPSA) is 64.3 Å². The van der Waals surface area contributed by atoms with E-state index in [0.29, 0.717) is 11.7 Å². The summed E-state index contributed by atoms with van der Waals surface area (Å²) >= 11 is 3.09. The molecular formula is C14H20N4OS2. The van der Waals surface area contributed by atoms with E-state index in [1.165, 1.54) is 18.0 Å². The van der Waals surface area contributed by atoms with E-state index >= 15 is 0 Å². The second kappa shape index (κ2) is 6.29. The Morgan fingerprint density at radius 1 is 1.52 bits per heavy atom. The highest BCUT2D eigenvalue weighted by Gasteiger charge is 2.22. The van der Waals surface area contributed by atoms with E-state index in [4.69, 9.17) is 10.5 Å². The van der Waals surface area contributed by atoms with Gasteiger partial charge in [0.15, 0.2) is 0 Å². The van der Waals surface area contributed by atoms with E-state index in [1.54, 1.807) is 11.3 Å². The summed E-state index contributed by atoms with van der Waals surface area (Å²) in [7, 11) is 2.10. The molecule has 1 aliphatic rings. The van der Waals surface area contributed by atoms with Crippen LogP contribution in [0.2, 0.25) is 0 Å². The Bertz CT molecular complexity index is 604. The maximum Gasteiger partial charge on any atom is 0.148 e. The van der Waals surface area contributed by atoms with Gasteiger partial charge in [-0.25, -0.2) is 4.98 Å². The van der Waals surface area contributed by atoms with E-state index in [2.05, 4.69) is 26.7 Å². The maximum absolute atomic E-state index is 6.07. The van der Waals surface area contributed by atoms with Crippen molar-refractivity contribution in [3.05, 3.63) is 10.4 Å². The third kappa shape index (κ3) is 3.20. The van der Waals surface area contributed by atoms with Crippen LogP contribution in [0.4, 0.5) is 10.8 Å². The number of ether oxygens (including phenoxy) is 1. The monoisotopic (exact) mass is 324 g/mol. The smallest absolute Gasteiger partial charge is 0.148 e. The number of hydrogen-bond acceptors (Lipinski definition) is 7. The number of nitrogen functional groups attached to an aromatic ring is 1. The van der Waals surface area contributed by atoms with Crippen molar-refractivity contribution < 1.29 is 4.74 Å². The fraction of sp³-hybridized carbons (Fsp3) is 0.571. The summed E-state index contributed by atoms with van der Waals surface area (Å²) < 4.78 is 9.90. The number of thiazole rings is 1. The largest absolute Gasteiger partial charge is 0.382 e. The summed E-state index contributed by atoms with van der Waals surface area (Å²) in [6.07, 6.45) is 2.38. The molecule has 0 amide bonds. The normalized spacial score (nSPS) is 18.9. The summed E-state index contributed by atoms with van der Waals surface area (Å²) in [4.78, 5) is 6.81. The molecule has 1 atom stereocenters. The van der Waals surface area contributed by atoms with E-state index < -0.39 is 0 Å². The van der Waals surface area contributed by atoms with Crippen LogP contribution in [0.5, 0.6) is 0 Å². The van der Waals surface area contributed by atoms with Crippen LogP contribution in [0.15, 0.2) is 5.38 Å². The zero-order chi connectivity index (χ0) is 14.8. The molecule has 0 bridgehead atoms. The highest BCUT2D eigenvalue weighted by molar-refractivity contribution is 7.11. The molecule has 0 aromatic carbocycles. The third-order valence-corrected chi connectivity index (χ3v) is 5.46. The summed E-state index contributed by atoms with van der Waals surface area (Å²) in [6, 6.07) is 0. The molecule has 1 unspecified atom stereocenters. The van der Waals surface area contributed by atoms with E-state index in [0.717, 1.165) is 47.4 Å². The van der Waals surface area contributed by atoms with E-state index in [1.807, 2.05) is 6.92 Å². The third-order valence-electron chi connectivity index (χ3n) is 3.71. The van der Waals surface area contributed by atoms with E-state index in [-0.39, 0.29) is 0 Å². The molecule has 21 heavy (non-hydrogen) atoms. The highest BCUT2D eigenvalue weighted by atomic mass is 32.1. The van der Waals surface area contributed by atoms with Gasteiger partial charge in [-0.1, -0.05) is 0 Å². The Hall–Kier alpha value is -1.18. The first-order chi connectivity index (χ1) is 10.1. The summed E-state index contributed by atoms with van der Waals surface area (Å²) in [5.74, 6) is 1.16. The lowest BCUT2D eigenvalue weighted by Gasteiger charge is -2.27. The molecule has 0 aliphatic carbocycles. The fourth-order valence-corrected chi connectivity index (χ4v) is 4.09. The van der Waals surface area contributed by atoms with Crippen molar-refractivity contribution in [2.45, 2.75) is 19.8 Å². The molecule has 114 valence electrons. The molecule has 5 nitrogen and oxygen atoms in total. The van der Waals surface area contributed by atoms with Gasteiger partial charge >= 0.3 is 0 Å². The lowest BCUT2D eigenvalue weighted by molar-refractivity contribution is 0.0577. The Balaban J connectivity index is 1.81. The summed E-state index contributed by atoms with van der Waals surface area (Å²) in [6.45, 7) is 4.73.